The van der Waals surface area contributed by atoms with Crippen LogP contribution in [-0.4, -0.2) is 51.5 Å². The second kappa shape index (κ2) is 9.89. The summed E-state index contributed by atoms with van der Waals surface area (Å²) in [5.74, 6) is -0.263. The van der Waals surface area contributed by atoms with Crippen LogP contribution in [-0.2, 0) is 19.6 Å². The minimum absolute atomic E-state index is 0.108. The van der Waals surface area contributed by atoms with Crippen LogP contribution in [0.5, 0.6) is 0 Å². The van der Waals surface area contributed by atoms with E-state index in [1.54, 1.807) is 37.4 Å². The third-order valence-electron chi connectivity index (χ3n) is 4.48. The summed E-state index contributed by atoms with van der Waals surface area (Å²) in [7, 11) is -2.07. The van der Waals surface area contributed by atoms with E-state index in [0.29, 0.717) is 19.6 Å². The molecule has 0 saturated heterocycles. The molecule has 1 aliphatic rings. The first-order valence-corrected chi connectivity index (χ1v) is 10.3. The zero-order valence-electron chi connectivity index (χ0n) is 14.8. The molecule has 1 amide bonds. The van der Waals surface area contributed by atoms with Crippen molar-refractivity contribution >= 4 is 15.9 Å². The van der Waals surface area contributed by atoms with Gasteiger partial charge >= 0.3 is 0 Å². The Morgan fingerprint density at radius 2 is 1.88 bits per heavy atom. The predicted molar refractivity (Wildman–Crippen MR) is 96.7 cm³/mol. The van der Waals surface area contributed by atoms with Gasteiger partial charge in [0.2, 0.25) is 15.9 Å². The summed E-state index contributed by atoms with van der Waals surface area (Å²) in [4.78, 5) is 12.5. The molecule has 1 saturated carbocycles. The maximum absolute atomic E-state index is 13.1. The fourth-order valence-electron chi connectivity index (χ4n) is 3.15. The normalized spacial score (nSPS) is 16.1. The summed E-state index contributed by atoms with van der Waals surface area (Å²) in [6.07, 6.45) is 5.45. The number of benzene rings is 1. The zero-order chi connectivity index (χ0) is 18.1. The first-order valence-electron chi connectivity index (χ1n) is 8.88. The minimum atomic E-state index is -3.68. The Morgan fingerprint density at radius 1 is 1.20 bits per heavy atom. The topological polar surface area (TPSA) is 75.7 Å². The van der Waals surface area contributed by atoms with Gasteiger partial charge in [-0.3, -0.25) is 4.79 Å². The van der Waals surface area contributed by atoms with Gasteiger partial charge in [0.25, 0.3) is 0 Å². The molecule has 0 heterocycles. The van der Waals surface area contributed by atoms with Crippen LogP contribution in [0.3, 0.4) is 0 Å². The van der Waals surface area contributed by atoms with Crippen LogP contribution < -0.4 is 5.32 Å². The fraction of sp³-hybridized carbons (Fsp3) is 0.611. The zero-order valence-corrected chi connectivity index (χ0v) is 15.6. The Kier molecular flexibility index (Phi) is 7.87. The molecule has 1 aromatic carbocycles. The molecule has 0 spiro atoms. The van der Waals surface area contributed by atoms with Crippen LogP contribution in [0.1, 0.15) is 38.5 Å². The van der Waals surface area contributed by atoms with Gasteiger partial charge in [0.05, 0.1) is 11.4 Å². The SMILES string of the molecule is COCCCNC(=O)CN(C1CCCCC1)S(=O)(=O)c1ccccc1. The highest BCUT2D eigenvalue weighted by Gasteiger charge is 2.33. The number of hydrogen-bond donors (Lipinski definition) is 1. The number of nitrogens with zero attached hydrogens (tertiary/aromatic N) is 1. The number of methoxy groups -OCH3 is 1. The molecule has 0 radical (unpaired) electrons. The van der Waals surface area contributed by atoms with Gasteiger partial charge in [-0.2, -0.15) is 4.31 Å². The van der Waals surface area contributed by atoms with Crippen molar-refractivity contribution in [3.63, 3.8) is 0 Å². The Labute approximate surface area is 150 Å². The van der Waals surface area contributed by atoms with Crippen LogP contribution in [0.2, 0.25) is 0 Å². The lowest BCUT2D eigenvalue weighted by atomic mass is 9.95. The Balaban J connectivity index is 2.11. The first kappa shape index (κ1) is 19.9. The molecule has 25 heavy (non-hydrogen) atoms. The number of carbonyl (C=O) groups is 1. The van der Waals surface area contributed by atoms with Gasteiger partial charge in [0.1, 0.15) is 0 Å². The van der Waals surface area contributed by atoms with Gasteiger partial charge in [-0.25, -0.2) is 8.42 Å². The summed E-state index contributed by atoms with van der Waals surface area (Å²) in [5.41, 5.74) is 0. The average Bonchev–Trinajstić information content (AvgIpc) is 2.64. The summed E-state index contributed by atoms with van der Waals surface area (Å²) < 4.78 is 32.5. The van der Waals surface area contributed by atoms with E-state index in [1.165, 1.54) is 4.31 Å². The van der Waals surface area contributed by atoms with Gasteiger partial charge in [0, 0.05) is 26.3 Å². The smallest absolute Gasteiger partial charge is 0.243 e. The highest BCUT2D eigenvalue weighted by atomic mass is 32.2. The highest BCUT2D eigenvalue weighted by Crippen LogP contribution is 2.27. The van der Waals surface area contributed by atoms with E-state index in [1.807, 2.05) is 0 Å². The van der Waals surface area contributed by atoms with Gasteiger partial charge in [-0.15, -0.1) is 0 Å². The summed E-state index contributed by atoms with van der Waals surface area (Å²) >= 11 is 0. The number of nitrogens with one attached hydrogen (secondary N) is 1. The maximum Gasteiger partial charge on any atom is 0.243 e. The molecule has 0 unspecified atom stereocenters. The molecule has 2 rings (SSSR count). The van der Waals surface area contributed by atoms with Crippen LogP contribution in [0.15, 0.2) is 35.2 Å². The monoisotopic (exact) mass is 368 g/mol. The highest BCUT2D eigenvalue weighted by molar-refractivity contribution is 7.89. The van der Waals surface area contributed by atoms with Crippen molar-refractivity contribution in [3.8, 4) is 0 Å². The summed E-state index contributed by atoms with van der Waals surface area (Å²) in [5, 5.41) is 2.79. The van der Waals surface area contributed by atoms with Crippen molar-refractivity contribution in [1.29, 1.82) is 0 Å². The number of ether oxygens (including phenoxy) is 1. The van der Waals surface area contributed by atoms with Crippen molar-refractivity contribution in [1.82, 2.24) is 9.62 Å². The lowest BCUT2D eigenvalue weighted by Gasteiger charge is -2.33. The Morgan fingerprint density at radius 3 is 2.52 bits per heavy atom. The molecule has 1 aliphatic carbocycles. The minimum Gasteiger partial charge on any atom is -0.385 e. The average molecular weight is 368 g/mol. The van der Waals surface area contributed by atoms with Crippen molar-refractivity contribution in [2.45, 2.75) is 49.5 Å². The standard InChI is InChI=1S/C18H28N2O4S/c1-24-14-8-13-19-18(21)15-20(16-9-4-2-5-10-16)25(22,23)17-11-6-3-7-12-17/h3,6-7,11-12,16H,2,4-5,8-10,13-15H2,1H3,(H,19,21). The van der Waals surface area contributed by atoms with E-state index in [0.717, 1.165) is 32.1 Å². The second-order valence-corrected chi connectivity index (χ2v) is 8.24. The molecule has 0 atom stereocenters. The van der Waals surface area contributed by atoms with Gasteiger partial charge in [-0.05, 0) is 31.4 Å². The molecular weight excluding hydrogens is 340 g/mol. The van der Waals surface area contributed by atoms with Crippen LogP contribution >= 0.6 is 0 Å². The number of sulfonamides is 1. The number of hydrogen-bond acceptors (Lipinski definition) is 4. The van der Waals surface area contributed by atoms with E-state index in [2.05, 4.69) is 5.32 Å². The Bertz CT molecular complexity index is 628. The van der Waals surface area contributed by atoms with E-state index < -0.39 is 10.0 Å². The van der Waals surface area contributed by atoms with Crippen LogP contribution in [0, 0.1) is 0 Å². The molecule has 7 heteroatoms. The molecule has 0 bridgehead atoms. The third kappa shape index (κ3) is 5.80. The molecule has 1 aromatic rings. The molecular formula is C18H28N2O4S. The number of carbonyl (C=O) groups excluding carboxylic acids is 1. The van der Waals surface area contributed by atoms with Crippen molar-refractivity contribution < 1.29 is 17.9 Å². The Hall–Kier alpha value is -1.44. The van der Waals surface area contributed by atoms with Gasteiger partial charge in [-0.1, -0.05) is 37.5 Å². The lowest BCUT2D eigenvalue weighted by Crippen LogP contribution is -2.47. The lowest BCUT2D eigenvalue weighted by molar-refractivity contribution is -0.121. The second-order valence-electron chi connectivity index (χ2n) is 6.35. The van der Waals surface area contributed by atoms with Crippen molar-refractivity contribution in [2.24, 2.45) is 0 Å². The van der Waals surface area contributed by atoms with E-state index in [-0.39, 0.29) is 23.4 Å². The van der Waals surface area contributed by atoms with Gasteiger partial charge in [0.15, 0.2) is 0 Å². The summed E-state index contributed by atoms with van der Waals surface area (Å²) in [6, 6.07) is 8.26. The molecule has 140 valence electrons. The summed E-state index contributed by atoms with van der Waals surface area (Å²) in [6.45, 7) is 0.917. The molecule has 0 aliphatic heterocycles. The largest absolute Gasteiger partial charge is 0.385 e. The van der Waals surface area contributed by atoms with Crippen molar-refractivity contribution in [3.05, 3.63) is 30.3 Å². The van der Waals surface area contributed by atoms with E-state index in [4.69, 9.17) is 4.74 Å². The maximum atomic E-state index is 13.1. The molecule has 1 N–H and O–H groups in total. The molecule has 1 fully saturated rings. The van der Waals surface area contributed by atoms with Gasteiger partial charge < -0.3 is 10.1 Å². The van der Waals surface area contributed by atoms with Crippen LogP contribution in [0.4, 0.5) is 0 Å². The molecule has 6 nitrogen and oxygen atoms in total. The predicted octanol–water partition coefficient (Wildman–Crippen LogP) is 2.16. The first-order chi connectivity index (χ1) is 12.1. The van der Waals surface area contributed by atoms with Crippen LogP contribution in [0.25, 0.3) is 0 Å². The van der Waals surface area contributed by atoms with E-state index in [9.17, 15) is 13.2 Å². The van der Waals surface area contributed by atoms with E-state index >= 15 is 0 Å². The quantitative estimate of drug-likeness (QED) is 0.678. The number of amides is 1. The van der Waals surface area contributed by atoms with Crippen molar-refractivity contribution in [2.75, 3.05) is 26.8 Å². The fourth-order valence-corrected chi connectivity index (χ4v) is 4.81. The molecule has 0 aromatic heterocycles. The number of rotatable bonds is 9. The third-order valence-corrected chi connectivity index (χ3v) is 6.39.